The summed E-state index contributed by atoms with van der Waals surface area (Å²) in [6.07, 6.45) is 1.85. The molecule has 0 aliphatic carbocycles. The van der Waals surface area contributed by atoms with Crippen LogP contribution in [0.4, 0.5) is 5.69 Å². The maximum absolute atomic E-state index is 10.9. The molecule has 0 radical (unpaired) electrons. The predicted molar refractivity (Wildman–Crippen MR) is 80.0 cm³/mol. The third kappa shape index (κ3) is 3.33. The second kappa shape index (κ2) is 5.71. The monoisotopic (exact) mass is 340 g/mol. The molecule has 100 valence electrons. The van der Waals surface area contributed by atoms with Crippen molar-refractivity contribution in [3.63, 3.8) is 0 Å². The van der Waals surface area contributed by atoms with Gasteiger partial charge in [-0.2, -0.15) is 0 Å². The number of aromatic nitrogens is 1. The molecule has 2 N–H and O–H groups in total. The number of rotatable bonds is 4. The summed E-state index contributed by atoms with van der Waals surface area (Å²) in [4.78, 5) is 16.4. The van der Waals surface area contributed by atoms with Crippen LogP contribution in [0.25, 0.3) is 0 Å². The molecule has 0 amide bonds. The van der Waals surface area contributed by atoms with Crippen LogP contribution in [0, 0.1) is 6.92 Å². The van der Waals surface area contributed by atoms with Crippen LogP contribution >= 0.6 is 27.3 Å². The Labute approximate surface area is 123 Å². The Morgan fingerprint density at radius 2 is 2.26 bits per heavy atom. The normalized spacial score (nSPS) is 12.2. The zero-order valence-corrected chi connectivity index (χ0v) is 12.9. The number of nitrogens with one attached hydrogen (secondary N) is 1. The molecular formula is C13H13BrN2O2S. The maximum atomic E-state index is 10.9. The lowest BCUT2D eigenvalue weighted by molar-refractivity contribution is 0.0697. The highest BCUT2D eigenvalue weighted by molar-refractivity contribution is 9.10. The molecule has 2 rings (SSSR count). The number of aromatic carboxylic acids is 1. The minimum atomic E-state index is -0.934. The summed E-state index contributed by atoms with van der Waals surface area (Å²) in [6, 6.07) is 5.00. The van der Waals surface area contributed by atoms with Crippen LogP contribution in [0.15, 0.2) is 28.9 Å². The molecule has 1 aromatic carbocycles. The van der Waals surface area contributed by atoms with E-state index in [-0.39, 0.29) is 11.6 Å². The molecule has 1 aromatic heterocycles. The molecular weight excluding hydrogens is 328 g/mol. The molecule has 4 nitrogen and oxygen atoms in total. The van der Waals surface area contributed by atoms with Crippen LogP contribution in [0.2, 0.25) is 0 Å². The summed E-state index contributed by atoms with van der Waals surface area (Å²) in [6.45, 7) is 4.04. The predicted octanol–water partition coefficient (Wildman–Crippen LogP) is 4.09. The summed E-state index contributed by atoms with van der Waals surface area (Å²) in [7, 11) is 0. The summed E-state index contributed by atoms with van der Waals surface area (Å²) < 4.78 is 0.729. The molecule has 1 unspecified atom stereocenters. The van der Waals surface area contributed by atoms with E-state index < -0.39 is 5.97 Å². The lowest BCUT2D eigenvalue weighted by Crippen LogP contribution is -2.07. The largest absolute Gasteiger partial charge is 0.478 e. The van der Waals surface area contributed by atoms with Gasteiger partial charge in [0.25, 0.3) is 0 Å². The number of anilines is 1. The highest BCUT2D eigenvalue weighted by atomic mass is 79.9. The van der Waals surface area contributed by atoms with Crippen LogP contribution in [0.3, 0.4) is 0 Å². The molecule has 19 heavy (non-hydrogen) atoms. The van der Waals surface area contributed by atoms with Gasteiger partial charge in [-0.05, 0) is 48.0 Å². The SMILES string of the molecule is Cc1cnc(C(C)Nc2ccc(C(=O)O)cc2Br)s1. The fraction of sp³-hybridized carbons (Fsp3) is 0.231. The molecule has 0 spiro atoms. The smallest absolute Gasteiger partial charge is 0.335 e. The summed E-state index contributed by atoms with van der Waals surface area (Å²) in [5, 5.41) is 13.2. The molecule has 2 aromatic rings. The molecule has 0 saturated carbocycles. The van der Waals surface area contributed by atoms with Crippen molar-refractivity contribution in [2.75, 3.05) is 5.32 Å². The number of thiazole rings is 1. The Kier molecular flexibility index (Phi) is 4.21. The van der Waals surface area contributed by atoms with E-state index in [0.29, 0.717) is 0 Å². The van der Waals surface area contributed by atoms with Gasteiger partial charge in [-0.15, -0.1) is 11.3 Å². The zero-order chi connectivity index (χ0) is 14.0. The first-order chi connectivity index (χ1) is 8.97. The Morgan fingerprint density at radius 1 is 1.53 bits per heavy atom. The highest BCUT2D eigenvalue weighted by Gasteiger charge is 2.12. The molecule has 0 aliphatic heterocycles. The average molecular weight is 341 g/mol. The van der Waals surface area contributed by atoms with Gasteiger partial charge in [-0.1, -0.05) is 0 Å². The van der Waals surface area contributed by atoms with Crippen molar-refractivity contribution >= 4 is 38.9 Å². The first-order valence-electron chi connectivity index (χ1n) is 5.69. The van der Waals surface area contributed by atoms with E-state index in [2.05, 4.69) is 26.2 Å². The third-order valence-electron chi connectivity index (χ3n) is 2.60. The second-order valence-corrected chi connectivity index (χ2v) is 6.30. The van der Waals surface area contributed by atoms with Crippen LogP contribution in [0.1, 0.15) is 33.2 Å². The number of nitrogens with zero attached hydrogens (tertiary/aromatic N) is 1. The van der Waals surface area contributed by atoms with Crippen LogP contribution in [-0.2, 0) is 0 Å². The van der Waals surface area contributed by atoms with Crippen LogP contribution < -0.4 is 5.32 Å². The highest BCUT2D eigenvalue weighted by Crippen LogP contribution is 2.29. The number of aryl methyl sites for hydroxylation is 1. The number of carboxylic acids is 1. The molecule has 0 bridgehead atoms. The average Bonchev–Trinajstić information content (AvgIpc) is 2.78. The fourth-order valence-corrected chi connectivity index (χ4v) is 2.90. The lowest BCUT2D eigenvalue weighted by atomic mass is 10.2. The molecule has 0 fully saturated rings. The van der Waals surface area contributed by atoms with Crippen molar-refractivity contribution in [1.82, 2.24) is 4.98 Å². The van der Waals surface area contributed by atoms with E-state index in [4.69, 9.17) is 5.11 Å². The number of carbonyl (C=O) groups is 1. The van der Waals surface area contributed by atoms with Gasteiger partial charge in [-0.3, -0.25) is 0 Å². The first-order valence-corrected chi connectivity index (χ1v) is 7.30. The Hall–Kier alpha value is -1.40. The molecule has 1 atom stereocenters. The molecule has 1 heterocycles. The van der Waals surface area contributed by atoms with E-state index >= 15 is 0 Å². The summed E-state index contributed by atoms with van der Waals surface area (Å²) in [5.74, 6) is -0.934. The molecule has 6 heteroatoms. The Morgan fingerprint density at radius 3 is 2.79 bits per heavy atom. The number of carboxylic acid groups (broad SMARTS) is 1. The topological polar surface area (TPSA) is 62.2 Å². The second-order valence-electron chi connectivity index (χ2n) is 4.17. The van der Waals surface area contributed by atoms with Gasteiger partial charge in [0, 0.05) is 21.2 Å². The quantitative estimate of drug-likeness (QED) is 0.879. The molecule has 0 saturated heterocycles. The van der Waals surface area contributed by atoms with Gasteiger partial charge in [0.15, 0.2) is 0 Å². The van der Waals surface area contributed by atoms with Gasteiger partial charge >= 0.3 is 5.97 Å². The number of hydrogen-bond donors (Lipinski definition) is 2. The first kappa shape index (κ1) is 14.0. The maximum Gasteiger partial charge on any atom is 0.335 e. The van der Waals surface area contributed by atoms with E-state index in [1.807, 2.05) is 20.0 Å². The summed E-state index contributed by atoms with van der Waals surface area (Å²) >= 11 is 5.02. The van der Waals surface area contributed by atoms with Crippen molar-refractivity contribution < 1.29 is 9.90 Å². The third-order valence-corrected chi connectivity index (χ3v) is 4.35. The van der Waals surface area contributed by atoms with E-state index in [0.717, 1.165) is 15.2 Å². The minimum absolute atomic E-state index is 0.0747. The van der Waals surface area contributed by atoms with Crippen molar-refractivity contribution in [3.8, 4) is 0 Å². The number of halogens is 1. The Balaban J connectivity index is 2.17. The van der Waals surface area contributed by atoms with Gasteiger partial charge in [0.05, 0.1) is 11.6 Å². The number of hydrogen-bond acceptors (Lipinski definition) is 4. The van der Waals surface area contributed by atoms with E-state index in [9.17, 15) is 4.79 Å². The van der Waals surface area contributed by atoms with Gasteiger partial charge < -0.3 is 10.4 Å². The standard InChI is InChI=1S/C13H13BrN2O2S/c1-7-6-15-12(19-7)8(2)16-11-4-3-9(13(17)18)5-10(11)14/h3-6,8,16H,1-2H3,(H,17,18). The van der Waals surface area contributed by atoms with Crippen molar-refractivity contribution in [2.45, 2.75) is 19.9 Å². The Bertz CT molecular complexity index is 612. The van der Waals surface area contributed by atoms with Crippen molar-refractivity contribution in [2.24, 2.45) is 0 Å². The fourth-order valence-electron chi connectivity index (χ4n) is 1.63. The van der Waals surface area contributed by atoms with Gasteiger partial charge in [-0.25, -0.2) is 9.78 Å². The van der Waals surface area contributed by atoms with Gasteiger partial charge in [0.1, 0.15) is 5.01 Å². The summed E-state index contributed by atoms with van der Waals surface area (Å²) in [5.41, 5.74) is 1.11. The van der Waals surface area contributed by atoms with Crippen molar-refractivity contribution in [1.29, 1.82) is 0 Å². The van der Waals surface area contributed by atoms with E-state index in [1.54, 1.807) is 29.5 Å². The zero-order valence-electron chi connectivity index (χ0n) is 10.5. The van der Waals surface area contributed by atoms with Gasteiger partial charge in [0.2, 0.25) is 0 Å². The van der Waals surface area contributed by atoms with Crippen LogP contribution in [0.5, 0.6) is 0 Å². The number of benzene rings is 1. The van der Waals surface area contributed by atoms with Crippen LogP contribution in [-0.4, -0.2) is 16.1 Å². The minimum Gasteiger partial charge on any atom is -0.478 e. The van der Waals surface area contributed by atoms with E-state index in [1.165, 1.54) is 4.88 Å². The lowest BCUT2D eigenvalue weighted by Gasteiger charge is -2.14. The van der Waals surface area contributed by atoms with Crippen molar-refractivity contribution in [3.05, 3.63) is 44.3 Å². The molecule has 0 aliphatic rings.